The van der Waals surface area contributed by atoms with Crippen molar-refractivity contribution in [3.63, 3.8) is 0 Å². The van der Waals surface area contributed by atoms with Crippen LogP contribution >= 0.6 is 31.1 Å². The number of halogens is 2. The van der Waals surface area contributed by atoms with E-state index < -0.39 is 34.2 Å². The van der Waals surface area contributed by atoms with E-state index >= 15 is 0 Å². The smallest absolute Gasteiger partial charge is 0.692 e. The number of carbonyl (C=O) groups excluding carboxylic acids is 1. The van der Waals surface area contributed by atoms with Crippen LogP contribution in [-0.4, -0.2) is 46.9 Å². The fraction of sp³-hybridized carbons (Fsp3) is 0.230. The first kappa shape index (κ1) is 58.4. The van der Waals surface area contributed by atoms with Gasteiger partial charge in [-0.2, -0.15) is 4.31 Å². The van der Waals surface area contributed by atoms with Crippen LogP contribution < -0.4 is 5.30 Å². The molecule has 5 nitrogen and oxygen atoms in total. The van der Waals surface area contributed by atoms with Crippen molar-refractivity contribution in [1.29, 1.82) is 0 Å². The van der Waals surface area contributed by atoms with Crippen molar-refractivity contribution in [2.24, 2.45) is 0 Å². The van der Waals surface area contributed by atoms with Crippen LogP contribution in [0.4, 0.5) is 0 Å². The average Bonchev–Trinajstić information content (AvgIpc) is 3.35. The fourth-order valence-electron chi connectivity index (χ4n) is 8.48. The molecule has 370 valence electrons. The van der Waals surface area contributed by atoms with Crippen LogP contribution in [-0.2, 0) is 49.2 Å². The van der Waals surface area contributed by atoms with E-state index in [1.807, 2.05) is 73.7 Å². The van der Waals surface area contributed by atoms with E-state index in [1.165, 1.54) is 32.9 Å². The van der Waals surface area contributed by atoms with Crippen LogP contribution in [0.3, 0.4) is 0 Å². The maximum atomic E-state index is 14.6. The largest absolute Gasteiger partial charge is 1.00 e. The van der Waals surface area contributed by atoms with Crippen molar-refractivity contribution in [1.82, 2.24) is 4.31 Å². The molecule has 0 aliphatic rings. The molecule has 7 rings (SSSR count). The molecule has 0 saturated carbocycles. The molecule has 0 fully saturated rings. The third-order valence-corrected chi connectivity index (χ3v) is 16.6. The second-order valence-corrected chi connectivity index (χ2v) is 24.9. The summed E-state index contributed by atoms with van der Waals surface area (Å²) in [5.41, 5.74) is 4.00. The summed E-state index contributed by atoms with van der Waals surface area (Å²) in [6.07, 6.45) is 8.11. The number of nitrogens with zero attached hydrogens (tertiary/aromatic N) is 1. The number of benzene rings is 7. The molecule has 0 saturated heterocycles. The second kappa shape index (κ2) is 27.6. The van der Waals surface area contributed by atoms with Gasteiger partial charge in [0.05, 0.1) is 21.8 Å². The van der Waals surface area contributed by atoms with Crippen molar-refractivity contribution >= 4 is 52.4 Å². The molecular formula is C61H61AuCl2NO4PS. The van der Waals surface area contributed by atoms with Crippen LogP contribution in [0.1, 0.15) is 74.2 Å². The van der Waals surface area contributed by atoms with Gasteiger partial charge in [0.1, 0.15) is 0 Å². The molecular weight excluding hydrogens is 1140 g/mol. The SMILES string of the molecule is CC(C)(C)P(c1ccccc1-c1ccccc1)C(C)(C)C.ClCCl.[Au+].[C-]#CCN([C@@H](Cc1ccccc1)[C@](C#Cc1ccccc1)(OC(=O)c1ccccc1)c1ccccc1)S(=O)(=O)c1ccc(C)cc1. The minimum absolute atomic E-state index is 0. The predicted molar refractivity (Wildman–Crippen MR) is 294 cm³/mol. The molecule has 0 radical (unpaired) electrons. The van der Waals surface area contributed by atoms with E-state index in [9.17, 15) is 13.2 Å². The summed E-state index contributed by atoms with van der Waals surface area (Å²) in [6.45, 7) is 15.8. The van der Waals surface area contributed by atoms with Gasteiger partial charge >= 0.3 is 28.3 Å². The summed E-state index contributed by atoms with van der Waals surface area (Å²) in [4.78, 5) is 14.1. The molecule has 2 atom stereocenters. The second-order valence-electron chi connectivity index (χ2n) is 18.4. The minimum Gasteiger partial charge on any atom is -0.692 e. The first-order chi connectivity index (χ1) is 33.5. The van der Waals surface area contributed by atoms with Crippen molar-refractivity contribution in [3.05, 3.63) is 234 Å². The Bertz CT molecular complexity index is 2920. The van der Waals surface area contributed by atoms with Crippen LogP contribution in [0.25, 0.3) is 11.1 Å². The summed E-state index contributed by atoms with van der Waals surface area (Å²) in [7, 11) is -4.56. The van der Waals surface area contributed by atoms with Crippen molar-refractivity contribution < 1.29 is 40.3 Å². The molecule has 0 bridgehead atoms. The number of aryl methyl sites for hydroxylation is 1. The molecule has 0 aliphatic carbocycles. The van der Waals surface area contributed by atoms with Gasteiger partial charge in [-0.3, -0.25) is 0 Å². The maximum absolute atomic E-state index is 14.6. The predicted octanol–water partition coefficient (Wildman–Crippen LogP) is 14.5. The number of carbonyl (C=O) groups is 1. The summed E-state index contributed by atoms with van der Waals surface area (Å²) >= 11 is 9.53. The molecule has 7 aromatic carbocycles. The average molecular weight is 1200 g/mol. The Hall–Kier alpha value is -5.21. The van der Waals surface area contributed by atoms with Gasteiger partial charge in [0, 0.05) is 17.7 Å². The summed E-state index contributed by atoms with van der Waals surface area (Å²) in [6, 6.07) is 61.3. The molecule has 0 heterocycles. The zero-order chi connectivity index (χ0) is 50.8. The Labute approximate surface area is 450 Å². The van der Waals surface area contributed by atoms with Crippen LogP contribution in [0.2, 0.25) is 0 Å². The third-order valence-electron chi connectivity index (χ3n) is 11.2. The monoisotopic (exact) mass is 1200 g/mol. The number of esters is 1. The van der Waals surface area contributed by atoms with Crippen molar-refractivity contribution in [3.8, 4) is 28.9 Å². The van der Waals surface area contributed by atoms with Gasteiger partial charge in [-0.25, -0.2) is 13.2 Å². The topological polar surface area (TPSA) is 63.7 Å². The standard InChI is InChI=1S/C40H32NO4S.C20H27P.CH2Cl2.Au/c1-3-30-41(46(43,44)37-26-24-32(2)25-27-37)38(31-34-18-10-5-11-19-34)40(36-22-14-7-15-23-36,29-28-33-16-8-4-9-17-33)45-39(42)35-20-12-6-13-21-35;1-19(2,3)21(20(4,5)6)18-15-11-10-14-17(18)16-12-8-7-9-13-16;2-1-3;/h4-27,38H,30-31H2,2H3;7-15H,1-6H3;1H2;/q-1;;;+1/t38-,40+;;;/m0.../s1. The molecule has 0 aliphatic heterocycles. The van der Waals surface area contributed by atoms with Gasteiger partial charge in [-0.05, 0) is 88.0 Å². The molecule has 71 heavy (non-hydrogen) atoms. The molecule has 0 aromatic heterocycles. The maximum Gasteiger partial charge on any atom is 1.00 e. The van der Waals surface area contributed by atoms with Crippen molar-refractivity contribution in [2.75, 3.05) is 11.9 Å². The number of sulfonamides is 1. The fourth-order valence-corrected chi connectivity index (χ4v) is 14.2. The number of hydrogen-bond donors (Lipinski definition) is 0. The Balaban J connectivity index is 0.000000365. The molecule has 7 aromatic rings. The first-order valence-electron chi connectivity index (χ1n) is 23.0. The molecule has 0 amide bonds. The number of hydrogen-bond acceptors (Lipinski definition) is 4. The number of rotatable bonds is 12. The van der Waals surface area contributed by atoms with Gasteiger partial charge < -0.3 is 17.1 Å². The van der Waals surface area contributed by atoms with Gasteiger partial charge in [-0.15, -0.1) is 23.2 Å². The molecule has 10 heteroatoms. The van der Waals surface area contributed by atoms with Gasteiger partial charge in [-0.1, -0.05) is 225 Å². The van der Waals surface area contributed by atoms with E-state index in [1.54, 1.807) is 66.7 Å². The summed E-state index contributed by atoms with van der Waals surface area (Å²) in [5.74, 6) is 8.10. The molecule has 0 N–H and O–H groups in total. The van der Waals surface area contributed by atoms with Gasteiger partial charge in [0.15, 0.2) is 0 Å². The van der Waals surface area contributed by atoms with Crippen LogP contribution in [0, 0.1) is 31.1 Å². The molecule has 0 unspecified atom stereocenters. The summed E-state index contributed by atoms with van der Waals surface area (Å²) in [5, 5.41) is 2.30. The van der Waals surface area contributed by atoms with Gasteiger partial charge in [0.2, 0.25) is 15.6 Å². The Morgan fingerprint density at radius 3 is 1.65 bits per heavy atom. The Kier molecular flexibility index (Phi) is 22.7. The van der Waals surface area contributed by atoms with Gasteiger partial charge in [0.25, 0.3) is 0 Å². The van der Waals surface area contributed by atoms with E-state index in [0.29, 0.717) is 21.4 Å². The zero-order valence-corrected chi connectivity index (χ0v) is 46.6. The normalized spacial score (nSPS) is 12.4. The number of ether oxygens (including phenoxy) is 1. The Morgan fingerprint density at radius 2 is 1.13 bits per heavy atom. The van der Waals surface area contributed by atoms with E-state index in [0.717, 1.165) is 11.1 Å². The van der Waals surface area contributed by atoms with E-state index in [4.69, 9.17) is 34.4 Å². The quantitative estimate of drug-likeness (QED) is 0.0305. The van der Waals surface area contributed by atoms with Crippen LogP contribution in [0.15, 0.2) is 205 Å². The van der Waals surface area contributed by atoms with Crippen molar-refractivity contribution in [2.45, 2.75) is 81.7 Å². The van der Waals surface area contributed by atoms with E-state index in [2.05, 4.69) is 114 Å². The van der Waals surface area contributed by atoms with E-state index in [-0.39, 0.29) is 52.5 Å². The summed E-state index contributed by atoms with van der Waals surface area (Å²) < 4.78 is 36.9. The zero-order valence-electron chi connectivity index (χ0n) is 41.2. The third kappa shape index (κ3) is 16.1. The molecule has 0 spiro atoms. The minimum atomic E-state index is -4.28. The Morgan fingerprint density at radius 1 is 0.662 bits per heavy atom. The number of alkyl halides is 2. The first-order valence-corrected chi connectivity index (χ1v) is 26.8. The van der Waals surface area contributed by atoms with Crippen LogP contribution in [0.5, 0.6) is 0 Å².